The van der Waals surface area contributed by atoms with Gasteiger partial charge in [-0.3, -0.25) is 14.7 Å². The molecular weight excluding hydrogens is 434 g/mol. The van der Waals surface area contributed by atoms with Crippen molar-refractivity contribution in [2.45, 2.75) is 79.8 Å². The van der Waals surface area contributed by atoms with Gasteiger partial charge >= 0.3 is 0 Å². The molecule has 190 valence electrons. The Morgan fingerprint density at radius 3 is 2.14 bits per heavy atom. The van der Waals surface area contributed by atoms with Crippen LogP contribution < -0.4 is 10.1 Å². The fourth-order valence-corrected chi connectivity index (χ4v) is 4.40. The van der Waals surface area contributed by atoms with Crippen molar-refractivity contribution in [3.05, 3.63) is 65.4 Å². The van der Waals surface area contributed by atoms with Crippen LogP contribution >= 0.6 is 0 Å². The predicted octanol–water partition coefficient (Wildman–Crippen LogP) is 6.87. The number of benzene rings is 2. The first-order valence-corrected chi connectivity index (χ1v) is 12.8. The van der Waals surface area contributed by atoms with Gasteiger partial charge in [0.25, 0.3) is 0 Å². The molecule has 0 saturated carbocycles. The van der Waals surface area contributed by atoms with E-state index < -0.39 is 0 Å². The van der Waals surface area contributed by atoms with E-state index in [1.165, 1.54) is 36.6 Å². The zero-order chi connectivity index (χ0) is 26.0. The van der Waals surface area contributed by atoms with Crippen LogP contribution in [0.4, 0.5) is 5.69 Å². The van der Waals surface area contributed by atoms with E-state index >= 15 is 0 Å². The molecule has 1 aromatic heterocycles. The van der Waals surface area contributed by atoms with E-state index in [9.17, 15) is 4.79 Å². The fourth-order valence-electron chi connectivity index (χ4n) is 4.40. The molecule has 5 heteroatoms. The van der Waals surface area contributed by atoms with Crippen LogP contribution in [0.3, 0.4) is 0 Å². The van der Waals surface area contributed by atoms with E-state index in [-0.39, 0.29) is 5.91 Å². The van der Waals surface area contributed by atoms with Gasteiger partial charge in [0.15, 0.2) is 0 Å². The fraction of sp³-hybridized carbons (Fsp3) is 0.467. The summed E-state index contributed by atoms with van der Waals surface area (Å²) in [6.07, 6.45) is 4.83. The van der Waals surface area contributed by atoms with Gasteiger partial charge in [-0.1, -0.05) is 26.0 Å². The molecule has 0 radical (unpaired) electrons. The SMILES string of the molecule is CCCN(C(C)C)C(C)C.CCc1cc2c(Cc3ccc(NC(C)=O)cc3)ccnc2cc1OC. The van der Waals surface area contributed by atoms with Gasteiger partial charge in [0.2, 0.25) is 5.91 Å². The van der Waals surface area contributed by atoms with Crippen LogP contribution in [0.1, 0.15) is 71.6 Å². The molecule has 0 atom stereocenters. The molecule has 0 aliphatic rings. The molecule has 3 rings (SSSR count). The van der Waals surface area contributed by atoms with E-state index in [4.69, 9.17) is 4.74 Å². The Labute approximate surface area is 211 Å². The van der Waals surface area contributed by atoms with Gasteiger partial charge < -0.3 is 10.1 Å². The third-order valence-electron chi connectivity index (χ3n) is 6.09. The number of ether oxygens (including phenoxy) is 1. The monoisotopic (exact) mass is 477 g/mol. The highest BCUT2D eigenvalue weighted by Gasteiger charge is 2.11. The summed E-state index contributed by atoms with van der Waals surface area (Å²) < 4.78 is 5.47. The number of aromatic nitrogens is 1. The smallest absolute Gasteiger partial charge is 0.221 e. The lowest BCUT2D eigenvalue weighted by molar-refractivity contribution is -0.114. The van der Waals surface area contributed by atoms with Crippen molar-refractivity contribution in [2.24, 2.45) is 0 Å². The minimum Gasteiger partial charge on any atom is -0.496 e. The van der Waals surface area contributed by atoms with Crippen molar-refractivity contribution in [1.29, 1.82) is 0 Å². The number of hydrogen-bond acceptors (Lipinski definition) is 4. The van der Waals surface area contributed by atoms with Crippen LogP contribution in [-0.4, -0.2) is 41.5 Å². The Kier molecular flexibility index (Phi) is 11.2. The number of fused-ring (bicyclic) bond motifs is 1. The number of carbonyl (C=O) groups excluding carboxylic acids is 1. The lowest BCUT2D eigenvalue weighted by Gasteiger charge is -2.29. The predicted molar refractivity (Wildman–Crippen MR) is 148 cm³/mol. The van der Waals surface area contributed by atoms with Crippen LogP contribution in [0, 0.1) is 0 Å². The molecule has 1 N–H and O–H groups in total. The molecule has 0 aliphatic carbocycles. The molecule has 2 aromatic carbocycles. The molecule has 0 aliphatic heterocycles. The van der Waals surface area contributed by atoms with Gasteiger partial charge in [0.1, 0.15) is 5.75 Å². The maximum Gasteiger partial charge on any atom is 0.221 e. The number of carbonyl (C=O) groups is 1. The summed E-state index contributed by atoms with van der Waals surface area (Å²) in [4.78, 5) is 18.1. The first-order valence-electron chi connectivity index (χ1n) is 12.8. The molecule has 0 fully saturated rings. The maximum atomic E-state index is 11.1. The quantitative estimate of drug-likeness (QED) is 0.365. The first-order chi connectivity index (χ1) is 16.7. The first kappa shape index (κ1) is 28.3. The van der Waals surface area contributed by atoms with E-state index in [2.05, 4.69) is 68.9 Å². The molecular formula is C30H43N3O2. The van der Waals surface area contributed by atoms with E-state index in [0.717, 1.165) is 35.2 Å². The maximum absolute atomic E-state index is 11.1. The van der Waals surface area contributed by atoms with Gasteiger partial charge in [-0.05, 0) is 94.5 Å². The average Bonchev–Trinajstić information content (AvgIpc) is 2.82. The number of methoxy groups -OCH3 is 1. The summed E-state index contributed by atoms with van der Waals surface area (Å²) in [7, 11) is 1.70. The Hall–Kier alpha value is -2.92. The number of hydrogen-bond donors (Lipinski definition) is 1. The largest absolute Gasteiger partial charge is 0.496 e. The zero-order valence-electron chi connectivity index (χ0n) is 22.8. The molecule has 0 saturated heterocycles. The topological polar surface area (TPSA) is 54.5 Å². The summed E-state index contributed by atoms with van der Waals surface area (Å²) in [6.45, 7) is 16.1. The molecule has 1 amide bonds. The number of aryl methyl sites for hydroxylation is 1. The lowest BCUT2D eigenvalue weighted by Crippen LogP contribution is -2.37. The van der Waals surface area contributed by atoms with Crippen molar-refractivity contribution in [3.8, 4) is 5.75 Å². The van der Waals surface area contributed by atoms with Crippen molar-refractivity contribution in [1.82, 2.24) is 9.88 Å². The molecule has 1 heterocycles. The number of nitrogens with zero attached hydrogens (tertiary/aromatic N) is 2. The van der Waals surface area contributed by atoms with Crippen molar-refractivity contribution < 1.29 is 9.53 Å². The van der Waals surface area contributed by atoms with Crippen molar-refractivity contribution >= 4 is 22.5 Å². The summed E-state index contributed by atoms with van der Waals surface area (Å²) in [5, 5.41) is 3.95. The number of rotatable bonds is 9. The standard InChI is InChI=1S/C21H22N2O2.C9H21N/c1-4-16-12-19-17(9-10-22-20(19)13-21(16)25-3)11-15-5-7-18(8-6-15)23-14(2)24;1-6-7-10(8(2)3)9(4)5/h5-10,12-13H,4,11H2,1-3H3,(H,23,24);8-9H,6-7H2,1-5H3. The minimum absolute atomic E-state index is 0.0612. The van der Waals surface area contributed by atoms with Crippen molar-refractivity contribution in [3.63, 3.8) is 0 Å². The molecule has 0 bridgehead atoms. The van der Waals surface area contributed by atoms with Gasteiger partial charge in [-0.2, -0.15) is 0 Å². The lowest BCUT2D eigenvalue weighted by atomic mass is 9.98. The summed E-state index contributed by atoms with van der Waals surface area (Å²) in [5.74, 6) is 0.827. The Morgan fingerprint density at radius 1 is 1.00 bits per heavy atom. The van der Waals surface area contributed by atoms with Crippen LogP contribution in [0.25, 0.3) is 10.9 Å². The van der Waals surface area contributed by atoms with Gasteiger partial charge in [-0.25, -0.2) is 0 Å². The second kappa shape index (κ2) is 13.8. The van der Waals surface area contributed by atoms with Crippen molar-refractivity contribution in [2.75, 3.05) is 19.0 Å². The van der Waals surface area contributed by atoms with Gasteiger partial charge in [-0.15, -0.1) is 0 Å². The normalized spacial score (nSPS) is 11.1. The third-order valence-corrected chi connectivity index (χ3v) is 6.09. The Balaban J connectivity index is 0.000000367. The second-order valence-corrected chi connectivity index (χ2v) is 9.49. The average molecular weight is 478 g/mol. The Bertz CT molecular complexity index is 1070. The van der Waals surface area contributed by atoms with E-state index in [1.54, 1.807) is 7.11 Å². The van der Waals surface area contributed by atoms with Gasteiger partial charge in [0.05, 0.1) is 12.6 Å². The number of amides is 1. The molecule has 0 unspecified atom stereocenters. The Morgan fingerprint density at radius 2 is 1.66 bits per heavy atom. The summed E-state index contributed by atoms with van der Waals surface area (Å²) in [5.41, 5.74) is 5.37. The molecule has 0 spiro atoms. The van der Waals surface area contributed by atoms with Crippen LogP contribution in [0.2, 0.25) is 0 Å². The zero-order valence-corrected chi connectivity index (χ0v) is 22.8. The van der Waals surface area contributed by atoms with Gasteiger partial charge in [0, 0.05) is 42.3 Å². The highest BCUT2D eigenvalue weighted by molar-refractivity contribution is 5.88. The highest BCUT2D eigenvalue weighted by atomic mass is 16.5. The summed E-state index contributed by atoms with van der Waals surface area (Å²) >= 11 is 0. The summed E-state index contributed by atoms with van der Waals surface area (Å²) in [6, 6.07) is 15.6. The highest BCUT2D eigenvalue weighted by Crippen LogP contribution is 2.28. The molecule has 5 nitrogen and oxygen atoms in total. The van der Waals surface area contributed by atoms with E-state index in [1.807, 2.05) is 36.5 Å². The number of pyridine rings is 1. The third kappa shape index (κ3) is 8.36. The van der Waals surface area contributed by atoms with Crippen LogP contribution in [0.15, 0.2) is 48.7 Å². The molecule has 3 aromatic rings. The number of anilines is 1. The van der Waals surface area contributed by atoms with Crippen LogP contribution in [-0.2, 0) is 17.6 Å². The second-order valence-electron chi connectivity index (χ2n) is 9.49. The number of nitrogens with one attached hydrogen (secondary N) is 1. The minimum atomic E-state index is -0.0612. The molecule has 35 heavy (non-hydrogen) atoms. The van der Waals surface area contributed by atoms with E-state index in [0.29, 0.717) is 12.1 Å². The van der Waals surface area contributed by atoms with Crippen LogP contribution in [0.5, 0.6) is 5.75 Å².